The molecule has 1 heterocycles. The Labute approximate surface area is 132 Å². The van der Waals surface area contributed by atoms with Crippen LogP contribution < -0.4 is 4.74 Å². The van der Waals surface area contributed by atoms with Crippen LogP contribution in [0.5, 0.6) is 5.75 Å². The van der Waals surface area contributed by atoms with Crippen LogP contribution in [-0.2, 0) is 0 Å². The summed E-state index contributed by atoms with van der Waals surface area (Å²) in [6.45, 7) is 1.83. The van der Waals surface area contributed by atoms with Gasteiger partial charge in [-0.25, -0.2) is 0 Å². The van der Waals surface area contributed by atoms with E-state index in [1.807, 2.05) is 31.2 Å². The van der Waals surface area contributed by atoms with E-state index >= 15 is 0 Å². The molecule has 0 aliphatic heterocycles. The molecule has 0 bridgehead atoms. The van der Waals surface area contributed by atoms with Gasteiger partial charge < -0.3 is 9.26 Å². The van der Waals surface area contributed by atoms with Crippen LogP contribution in [0.3, 0.4) is 0 Å². The fourth-order valence-corrected chi connectivity index (χ4v) is 2.41. The number of aryl methyl sites for hydroxylation is 1. The monoisotopic (exact) mass is 310 g/mol. The van der Waals surface area contributed by atoms with E-state index in [0.717, 1.165) is 22.4 Å². The molecular weight excluding hydrogens is 296 g/mol. The zero-order chi connectivity index (χ0) is 16.4. The largest absolute Gasteiger partial charge is 0.497 e. The van der Waals surface area contributed by atoms with Gasteiger partial charge in [0, 0.05) is 17.7 Å². The molecule has 0 N–H and O–H groups in total. The minimum Gasteiger partial charge on any atom is -0.497 e. The van der Waals surface area contributed by atoms with Crippen LogP contribution >= 0.6 is 0 Å². The van der Waals surface area contributed by atoms with Crippen molar-refractivity contribution in [2.75, 3.05) is 7.11 Å². The van der Waals surface area contributed by atoms with Crippen molar-refractivity contribution in [3.05, 3.63) is 64.4 Å². The maximum Gasteiger partial charge on any atom is 0.269 e. The Morgan fingerprint density at radius 1 is 1.04 bits per heavy atom. The molecule has 1 aromatic heterocycles. The van der Waals surface area contributed by atoms with Gasteiger partial charge in [0.2, 0.25) is 0 Å². The number of hydrogen-bond donors (Lipinski definition) is 0. The van der Waals surface area contributed by atoms with E-state index in [-0.39, 0.29) is 5.69 Å². The molecule has 23 heavy (non-hydrogen) atoms. The fraction of sp³-hybridized carbons (Fsp3) is 0.118. The first-order valence-electron chi connectivity index (χ1n) is 6.95. The summed E-state index contributed by atoms with van der Waals surface area (Å²) >= 11 is 0. The predicted octanol–water partition coefficient (Wildman–Crippen LogP) is 4.23. The van der Waals surface area contributed by atoms with Crippen molar-refractivity contribution in [2.24, 2.45) is 0 Å². The standard InChI is InChI=1S/C17H14N2O4/c1-11-16(12-5-9-15(22-2)10-6-12)17(18-23-11)13-3-7-14(8-4-13)19(20)21/h3-10H,1-2H3. The minimum atomic E-state index is -0.428. The first-order valence-corrected chi connectivity index (χ1v) is 6.95. The molecule has 116 valence electrons. The maximum atomic E-state index is 10.8. The molecule has 0 fully saturated rings. The Morgan fingerprint density at radius 2 is 1.65 bits per heavy atom. The van der Waals surface area contributed by atoms with Gasteiger partial charge in [0.15, 0.2) is 0 Å². The summed E-state index contributed by atoms with van der Waals surface area (Å²) in [5, 5.41) is 14.9. The van der Waals surface area contributed by atoms with E-state index in [1.165, 1.54) is 12.1 Å². The van der Waals surface area contributed by atoms with Gasteiger partial charge in [-0.15, -0.1) is 0 Å². The topological polar surface area (TPSA) is 78.4 Å². The van der Waals surface area contributed by atoms with Crippen LogP contribution in [-0.4, -0.2) is 17.2 Å². The Kier molecular flexibility index (Phi) is 3.80. The van der Waals surface area contributed by atoms with Crippen LogP contribution in [0, 0.1) is 17.0 Å². The van der Waals surface area contributed by atoms with E-state index in [1.54, 1.807) is 19.2 Å². The van der Waals surface area contributed by atoms with Gasteiger partial charge in [0.25, 0.3) is 5.69 Å². The van der Waals surface area contributed by atoms with Crippen molar-refractivity contribution in [3.63, 3.8) is 0 Å². The van der Waals surface area contributed by atoms with Crippen molar-refractivity contribution in [3.8, 4) is 28.1 Å². The molecule has 3 rings (SSSR count). The molecule has 6 heteroatoms. The minimum absolute atomic E-state index is 0.0416. The molecule has 0 atom stereocenters. The number of nitro benzene ring substituents is 1. The Morgan fingerprint density at radius 3 is 2.22 bits per heavy atom. The lowest BCUT2D eigenvalue weighted by Crippen LogP contribution is -1.89. The van der Waals surface area contributed by atoms with E-state index in [9.17, 15) is 10.1 Å². The highest BCUT2D eigenvalue weighted by Gasteiger charge is 2.17. The maximum absolute atomic E-state index is 10.8. The van der Waals surface area contributed by atoms with Crippen molar-refractivity contribution < 1.29 is 14.2 Å². The second-order valence-corrected chi connectivity index (χ2v) is 4.99. The number of aromatic nitrogens is 1. The molecule has 0 radical (unpaired) electrons. The normalized spacial score (nSPS) is 10.5. The van der Waals surface area contributed by atoms with Crippen LogP contribution in [0.1, 0.15) is 5.76 Å². The Bertz CT molecular complexity index is 836. The summed E-state index contributed by atoms with van der Waals surface area (Å²) in [5.41, 5.74) is 3.26. The van der Waals surface area contributed by atoms with Gasteiger partial charge in [0.1, 0.15) is 17.2 Å². The lowest BCUT2D eigenvalue weighted by atomic mass is 9.99. The van der Waals surface area contributed by atoms with Gasteiger partial charge in [0.05, 0.1) is 17.6 Å². The number of methoxy groups -OCH3 is 1. The molecular formula is C17H14N2O4. The highest BCUT2D eigenvalue weighted by molar-refractivity contribution is 5.82. The highest BCUT2D eigenvalue weighted by Crippen LogP contribution is 2.35. The SMILES string of the molecule is COc1ccc(-c2c(-c3ccc([N+](=O)[O-])cc3)noc2C)cc1. The summed E-state index contributed by atoms with van der Waals surface area (Å²) in [6.07, 6.45) is 0. The molecule has 0 amide bonds. The van der Waals surface area contributed by atoms with Crippen molar-refractivity contribution >= 4 is 5.69 Å². The molecule has 2 aromatic carbocycles. The third-order valence-corrected chi connectivity index (χ3v) is 3.59. The van der Waals surface area contributed by atoms with Crippen LogP contribution in [0.25, 0.3) is 22.4 Å². The average molecular weight is 310 g/mol. The molecule has 0 aliphatic carbocycles. The summed E-state index contributed by atoms with van der Waals surface area (Å²) in [4.78, 5) is 10.3. The second-order valence-electron chi connectivity index (χ2n) is 4.99. The number of nitrogens with zero attached hydrogens (tertiary/aromatic N) is 2. The molecule has 6 nitrogen and oxygen atoms in total. The van der Waals surface area contributed by atoms with Gasteiger partial charge in [-0.3, -0.25) is 10.1 Å². The predicted molar refractivity (Wildman–Crippen MR) is 85.3 cm³/mol. The van der Waals surface area contributed by atoms with Gasteiger partial charge in [-0.2, -0.15) is 0 Å². The van der Waals surface area contributed by atoms with Crippen molar-refractivity contribution in [1.29, 1.82) is 0 Å². The first-order chi connectivity index (χ1) is 11.1. The number of nitro groups is 1. The zero-order valence-electron chi connectivity index (χ0n) is 12.6. The first kappa shape index (κ1) is 14.8. The molecule has 0 saturated carbocycles. The number of non-ortho nitro benzene ring substituents is 1. The van der Waals surface area contributed by atoms with Crippen molar-refractivity contribution in [1.82, 2.24) is 5.16 Å². The van der Waals surface area contributed by atoms with Gasteiger partial charge in [-0.05, 0) is 36.8 Å². The van der Waals surface area contributed by atoms with Crippen molar-refractivity contribution in [2.45, 2.75) is 6.92 Å². The highest BCUT2D eigenvalue weighted by atomic mass is 16.6. The summed E-state index contributed by atoms with van der Waals surface area (Å²) in [5.74, 6) is 1.45. The number of rotatable bonds is 4. The molecule has 0 spiro atoms. The van der Waals surface area contributed by atoms with E-state index in [4.69, 9.17) is 9.26 Å². The Balaban J connectivity index is 2.05. The number of hydrogen-bond acceptors (Lipinski definition) is 5. The summed E-state index contributed by atoms with van der Waals surface area (Å²) < 4.78 is 10.5. The summed E-state index contributed by atoms with van der Waals surface area (Å²) in [6, 6.07) is 13.8. The van der Waals surface area contributed by atoms with Gasteiger partial charge in [-0.1, -0.05) is 17.3 Å². The third-order valence-electron chi connectivity index (χ3n) is 3.59. The second kappa shape index (κ2) is 5.92. The summed E-state index contributed by atoms with van der Waals surface area (Å²) in [7, 11) is 1.61. The van der Waals surface area contributed by atoms with E-state index < -0.39 is 4.92 Å². The molecule has 0 unspecified atom stereocenters. The van der Waals surface area contributed by atoms with Crippen LogP contribution in [0.2, 0.25) is 0 Å². The smallest absolute Gasteiger partial charge is 0.269 e. The third kappa shape index (κ3) is 2.78. The lowest BCUT2D eigenvalue weighted by Gasteiger charge is -2.05. The van der Waals surface area contributed by atoms with Gasteiger partial charge >= 0.3 is 0 Å². The fourth-order valence-electron chi connectivity index (χ4n) is 2.41. The zero-order valence-corrected chi connectivity index (χ0v) is 12.6. The van der Waals surface area contributed by atoms with Crippen LogP contribution in [0.15, 0.2) is 53.1 Å². The van der Waals surface area contributed by atoms with Crippen LogP contribution in [0.4, 0.5) is 5.69 Å². The number of benzene rings is 2. The van der Waals surface area contributed by atoms with E-state index in [0.29, 0.717) is 11.5 Å². The number of ether oxygens (including phenoxy) is 1. The Hall–Kier alpha value is -3.15. The molecule has 0 aliphatic rings. The average Bonchev–Trinajstić information content (AvgIpc) is 2.96. The molecule has 0 saturated heterocycles. The quantitative estimate of drug-likeness (QED) is 0.532. The van der Waals surface area contributed by atoms with E-state index in [2.05, 4.69) is 5.16 Å². The molecule has 3 aromatic rings. The lowest BCUT2D eigenvalue weighted by molar-refractivity contribution is -0.384.